The summed E-state index contributed by atoms with van der Waals surface area (Å²) in [6.07, 6.45) is 0.711. The monoisotopic (exact) mass is 442 g/mol. The molecule has 1 aliphatic heterocycles. The highest BCUT2D eigenvalue weighted by Crippen LogP contribution is 2.35. The van der Waals surface area contributed by atoms with E-state index in [1.807, 2.05) is 12.1 Å². The number of hydrogen-bond donors (Lipinski definition) is 1. The number of carbonyl (C=O) groups is 2. The molecule has 2 aromatic carbocycles. The fourth-order valence-corrected chi connectivity index (χ4v) is 3.67. The zero-order valence-corrected chi connectivity index (χ0v) is 18.3. The van der Waals surface area contributed by atoms with Gasteiger partial charge in [-0.1, -0.05) is 6.07 Å². The fraction of sp³-hybridized carbons (Fsp3) is 0.227. The zero-order valence-electron chi connectivity index (χ0n) is 17.5. The second-order valence-corrected chi connectivity index (χ2v) is 7.58. The van der Waals surface area contributed by atoms with Crippen molar-refractivity contribution in [2.75, 3.05) is 21.3 Å². The predicted octanol–water partition coefficient (Wildman–Crippen LogP) is 3.79. The van der Waals surface area contributed by atoms with Crippen molar-refractivity contribution in [3.05, 3.63) is 52.9 Å². The number of thioether (sulfide) groups is 1. The van der Waals surface area contributed by atoms with Crippen molar-refractivity contribution in [3.8, 4) is 17.2 Å². The van der Waals surface area contributed by atoms with Gasteiger partial charge in [-0.2, -0.15) is 0 Å². The van der Waals surface area contributed by atoms with E-state index in [0.717, 1.165) is 5.75 Å². The van der Waals surface area contributed by atoms with Crippen LogP contribution in [0.3, 0.4) is 0 Å². The normalized spacial score (nSPS) is 17.2. The lowest BCUT2D eigenvalue weighted by Crippen LogP contribution is -2.23. The SMILES string of the molecule is COc1ccc(N=C2S/C(=C/c3ccc(OC(C)C(=O)O)c(OC)c3)C(=O)N2C)cc1. The lowest BCUT2D eigenvalue weighted by Gasteiger charge is -2.14. The third kappa shape index (κ3) is 5.18. The van der Waals surface area contributed by atoms with Gasteiger partial charge in [0.05, 0.1) is 24.8 Å². The van der Waals surface area contributed by atoms with Crippen molar-refractivity contribution in [3.63, 3.8) is 0 Å². The molecule has 1 heterocycles. The summed E-state index contributed by atoms with van der Waals surface area (Å²) in [5.41, 5.74) is 1.42. The quantitative estimate of drug-likeness (QED) is 0.652. The van der Waals surface area contributed by atoms with E-state index in [-0.39, 0.29) is 5.91 Å². The number of carboxylic acids is 1. The maximum absolute atomic E-state index is 12.7. The van der Waals surface area contributed by atoms with Crippen LogP contribution in [0.5, 0.6) is 17.2 Å². The van der Waals surface area contributed by atoms with Gasteiger partial charge in [-0.15, -0.1) is 0 Å². The van der Waals surface area contributed by atoms with Crippen molar-refractivity contribution in [2.24, 2.45) is 4.99 Å². The number of ether oxygens (including phenoxy) is 3. The van der Waals surface area contributed by atoms with Crippen LogP contribution in [-0.4, -0.2) is 54.4 Å². The molecular formula is C22H22N2O6S. The van der Waals surface area contributed by atoms with E-state index in [1.54, 1.807) is 50.6 Å². The summed E-state index contributed by atoms with van der Waals surface area (Å²) in [5.74, 6) is 0.165. The molecule has 0 saturated carbocycles. The number of benzene rings is 2. The van der Waals surface area contributed by atoms with Crippen LogP contribution in [0.2, 0.25) is 0 Å². The molecule has 0 spiro atoms. The van der Waals surface area contributed by atoms with Gasteiger partial charge in [0, 0.05) is 7.05 Å². The van der Waals surface area contributed by atoms with Crippen molar-refractivity contribution < 1.29 is 28.9 Å². The number of amidine groups is 1. The summed E-state index contributed by atoms with van der Waals surface area (Å²) in [6, 6.07) is 12.3. The first-order valence-electron chi connectivity index (χ1n) is 9.30. The number of hydrogen-bond acceptors (Lipinski definition) is 7. The highest BCUT2D eigenvalue weighted by molar-refractivity contribution is 8.18. The third-order valence-electron chi connectivity index (χ3n) is 4.44. The smallest absolute Gasteiger partial charge is 0.344 e. The second kappa shape index (κ2) is 9.57. The molecule has 8 nitrogen and oxygen atoms in total. The Morgan fingerprint density at radius 1 is 1.13 bits per heavy atom. The Hall–Kier alpha value is -3.46. The van der Waals surface area contributed by atoms with E-state index in [0.29, 0.717) is 32.8 Å². The Balaban J connectivity index is 1.83. The zero-order chi connectivity index (χ0) is 22.5. The van der Waals surface area contributed by atoms with Crippen molar-refractivity contribution >= 4 is 40.6 Å². The van der Waals surface area contributed by atoms with Crippen LogP contribution in [0.25, 0.3) is 6.08 Å². The summed E-state index contributed by atoms with van der Waals surface area (Å²) in [4.78, 5) is 30.2. The van der Waals surface area contributed by atoms with Crippen LogP contribution in [0.1, 0.15) is 12.5 Å². The van der Waals surface area contributed by atoms with E-state index in [4.69, 9.17) is 19.3 Å². The van der Waals surface area contributed by atoms with Gasteiger partial charge in [-0.25, -0.2) is 9.79 Å². The molecule has 0 bridgehead atoms. The Kier molecular flexibility index (Phi) is 6.86. The van der Waals surface area contributed by atoms with E-state index in [9.17, 15) is 9.59 Å². The second-order valence-electron chi connectivity index (χ2n) is 6.58. The molecule has 1 atom stereocenters. The van der Waals surface area contributed by atoms with E-state index in [2.05, 4.69) is 4.99 Å². The molecule has 1 unspecified atom stereocenters. The minimum absolute atomic E-state index is 0.170. The molecule has 1 amide bonds. The number of likely N-dealkylation sites (N-methyl/N-ethyl adjacent to an activating group) is 1. The molecule has 31 heavy (non-hydrogen) atoms. The molecule has 1 fully saturated rings. The number of amides is 1. The minimum atomic E-state index is -1.08. The van der Waals surface area contributed by atoms with E-state index < -0.39 is 12.1 Å². The molecule has 162 valence electrons. The molecule has 9 heteroatoms. The van der Waals surface area contributed by atoms with Crippen LogP contribution >= 0.6 is 11.8 Å². The number of rotatable bonds is 7. The maximum Gasteiger partial charge on any atom is 0.344 e. The molecular weight excluding hydrogens is 420 g/mol. The van der Waals surface area contributed by atoms with Gasteiger partial charge in [0.1, 0.15) is 5.75 Å². The predicted molar refractivity (Wildman–Crippen MR) is 119 cm³/mol. The van der Waals surface area contributed by atoms with Crippen LogP contribution < -0.4 is 14.2 Å². The number of aliphatic carboxylic acids is 1. The molecule has 3 rings (SSSR count). The van der Waals surface area contributed by atoms with Crippen molar-refractivity contribution in [1.82, 2.24) is 4.90 Å². The Morgan fingerprint density at radius 2 is 1.84 bits per heavy atom. The average molecular weight is 442 g/mol. The Bertz CT molecular complexity index is 1050. The molecule has 1 saturated heterocycles. The topological polar surface area (TPSA) is 97.7 Å². The first kappa shape index (κ1) is 22.2. The highest BCUT2D eigenvalue weighted by Gasteiger charge is 2.30. The number of aliphatic imine (C=N–C) groups is 1. The lowest BCUT2D eigenvalue weighted by atomic mass is 10.2. The highest BCUT2D eigenvalue weighted by atomic mass is 32.2. The van der Waals surface area contributed by atoms with Crippen LogP contribution in [0.15, 0.2) is 52.4 Å². The summed E-state index contributed by atoms with van der Waals surface area (Å²) in [5, 5.41) is 9.58. The molecule has 0 aromatic heterocycles. The van der Waals surface area contributed by atoms with Crippen molar-refractivity contribution in [1.29, 1.82) is 0 Å². The van der Waals surface area contributed by atoms with Gasteiger partial charge in [-0.05, 0) is 66.7 Å². The molecule has 1 aliphatic rings. The van der Waals surface area contributed by atoms with Gasteiger partial charge in [0.25, 0.3) is 5.91 Å². The van der Waals surface area contributed by atoms with Crippen LogP contribution in [0.4, 0.5) is 5.69 Å². The minimum Gasteiger partial charge on any atom is -0.497 e. The van der Waals surface area contributed by atoms with Crippen LogP contribution in [0, 0.1) is 0 Å². The van der Waals surface area contributed by atoms with Gasteiger partial charge < -0.3 is 19.3 Å². The number of nitrogens with zero attached hydrogens (tertiary/aromatic N) is 2. The number of carbonyl (C=O) groups excluding carboxylic acids is 1. The Morgan fingerprint density at radius 3 is 2.45 bits per heavy atom. The number of carboxylic acid groups (broad SMARTS) is 1. The first-order valence-corrected chi connectivity index (χ1v) is 10.1. The Labute approximate surface area is 184 Å². The van der Waals surface area contributed by atoms with Gasteiger partial charge >= 0.3 is 5.97 Å². The van der Waals surface area contributed by atoms with E-state index in [1.165, 1.54) is 30.7 Å². The fourth-order valence-electron chi connectivity index (χ4n) is 2.68. The lowest BCUT2D eigenvalue weighted by molar-refractivity contribution is -0.144. The molecule has 0 radical (unpaired) electrons. The molecule has 0 aliphatic carbocycles. The van der Waals surface area contributed by atoms with Gasteiger partial charge in [0.2, 0.25) is 0 Å². The summed E-state index contributed by atoms with van der Waals surface area (Å²) in [6.45, 7) is 1.44. The van der Waals surface area contributed by atoms with E-state index >= 15 is 0 Å². The average Bonchev–Trinajstić information content (AvgIpc) is 3.02. The van der Waals surface area contributed by atoms with Gasteiger partial charge in [0.15, 0.2) is 22.8 Å². The van der Waals surface area contributed by atoms with Crippen molar-refractivity contribution in [2.45, 2.75) is 13.0 Å². The maximum atomic E-state index is 12.7. The third-order valence-corrected chi connectivity index (χ3v) is 5.50. The summed E-state index contributed by atoms with van der Waals surface area (Å²) >= 11 is 1.27. The van der Waals surface area contributed by atoms with Gasteiger partial charge in [-0.3, -0.25) is 9.69 Å². The molecule has 2 aromatic rings. The summed E-state index contributed by atoms with van der Waals surface area (Å²) in [7, 11) is 4.73. The molecule has 1 N–H and O–H groups in total. The summed E-state index contributed by atoms with van der Waals surface area (Å²) < 4.78 is 15.9. The standard InChI is InChI=1S/C22H22N2O6S/c1-13(21(26)27)30-17-10-5-14(11-18(17)29-4)12-19-20(25)24(2)22(31-19)23-15-6-8-16(28-3)9-7-15/h5-13H,1-4H3,(H,26,27)/b19-12+,23-22?. The first-order chi connectivity index (χ1) is 14.8. The number of methoxy groups -OCH3 is 2. The van der Waals surface area contributed by atoms with Crippen LogP contribution in [-0.2, 0) is 9.59 Å². The largest absolute Gasteiger partial charge is 0.497 e.